The third-order valence-corrected chi connectivity index (χ3v) is 3.96. The molecule has 7 heteroatoms. The number of anilines is 1. The van der Waals surface area contributed by atoms with Gasteiger partial charge in [-0.1, -0.05) is 0 Å². The van der Waals surface area contributed by atoms with Crippen LogP contribution in [0.1, 0.15) is 11.5 Å². The Bertz CT molecular complexity index is 415. The number of aryl methyl sites for hydroxylation is 1. The minimum atomic E-state index is -0.644. The van der Waals surface area contributed by atoms with Crippen LogP contribution in [0, 0.1) is 6.92 Å². The number of rotatable bonds is 3. The second kappa shape index (κ2) is 5.52. The highest BCUT2D eigenvalue weighted by Crippen LogP contribution is 2.08. The zero-order valence-corrected chi connectivity index (χ0v) is 10.7. The minimum absolute atomic E-state index is 0.632. The quantitative estimate of drug-likeness (QED) is 0.566. The van der Waals surface area contributed by atoms with Crippen molar-refractivity contribution in [2.24, 2.45) is 5.84 Å². The van der Waals surface area contributed by atoms with Gasteiger partial charge in [0.1, 0.15) is 11.6 Å². The predicted octanol–water partition coefficient (Wildman–Crippen LogP) is -0.365. The number of nitrogens with zero attached hydrogens (tertiary/aromatic N) is 3. The Hall–Kier alpha value is -1.05. The molecule has 1 aromatic heterocycles. The van der Waals surface area contributed by atoms with Gasteiger partial charge in [0.25, 0.3) is 0 Å². The van der Waals surface area contributed by atoms with Crippen LogP contribution in [0.15, 0.2) is 6.07 Å². The molecule has 0 unspecified atom stereocenters. The molecule has 0 atom stereocenters. The first-order chi connectivity index (χ1) is 8.17. The summed E-state index contributed by atoms with van der Waals surface area (Å²) in [4.78, 5) is 10.9. The van der Waals surface area contributed by atoms with Crippen molar-refractivity contribution in [3.63, 3.8) is 0 Å². The van der Waals surface area contributed by atoms with Crippen LogP contribution in [-0.2, 0) is 17.3 Å². The SMILES string of the molecule is Cc1cc(NN)nc(CN2CCS(=O)CC2)n1. The number of nitrogen functional groups attached to an aromatic ring is 1. The molecule has 1 fully saturated rings. The number of hydrogen-bond donors (Lipinski definition) is 2. The smallest absolute Gasteiger partial charge is 0.145 e. The Labute approximate surface area is 103 Å². The van der Waals surface area contributed by atoms with Gasteiger partial charge < -0.3 is 5.43 Å². The molecule has 2 rings (SSSR count). The van der Waals surface area contributed by atoms with E-state index in [9.17, 15) is 4.21 Å². The number of aromatic nitrogens is 2. The van der Waals surface area contributed by atoms with E-state index in [4.69, 9.17) is 5.84 Å². The van der Waals surface area contributed by atoms with E-state index in [1.165, 1.54) is 0 Å². The van der Waals surface area contributed by atoms with Crippen LogP contribution in [-0.4, -0.2) is 43.7 Å². The molecule has 94 valence electrons. The zero-order chi connectivity index (χ0) is 12.3. The first-order valence-electron chi connectivity index (χ1n) is 5.56. The molecule has 0 bridgehead atoms. The van der Waals surface area contributed by atoms with Gasteiger partial charge in [-0.05, 0) is 6.92 Å². The molecule has 0 spiro atoms. The average molecular weight is 255 g/mol. The van der Waals surface area contributed by atoms with Crippen molar-refractivity contribution in [3.8, 4) is 0 Å². The number of nitrogens with one attached hydrogen (secondary N) is 1. The van der Waals surface area contributed by atoms with Crippen LogP contribution in [0.5, 0.6) is 0 Å². The standard InChI is InChI=1S/C10H17N5OS/c1-8-6-9(14-11)13-10(12-8)7-15-2-4-17(16)5-3-15/h6H,2-5,7,11H2,1H3,(H,12,13,14). The lowest BCUT2D eigenvalue weighted by atomic mass is 10.4. The van der Waals surface area contributed by atoms with Gasteiger partial charge in [0.2, 0.25) is 0 Å². The first-order valence-corrected chi connectivity index (χ1v) is 7.04. The fourth-order valence-corrected chi connectivity index (χ4v) is 2.94. The molecule has 0 amide bonds. The van der Waals surface area contributed by atoms with Crippen LogP contribution >= 0.6 is 0 Å². The maximum absolute atomic E-state index is 11.2. The topological polar surface area (TPSA) is 84.1 Å². The highest BCUT2D eigenvalue weighted by atomic mass is 32.2. The summed E-state index contributed by atoms with van der Waals surface area (Å²) in [6, 6.07) is 1.80. The van der Waals surface area contributed by atoms with Gasteiger partial charge in [0, 0.05) is 47.2 Å². The summed E-state index contributed by atoms with van der Waals surface area (Å²) in [7, 11) is -0.644. The molecule has 1 saturated heterocycles. The van der Waals surface area contributed by atoms with Crippen LogP contribution < -0.4 is 11.3 Å². The van der Waals surface area contributed by atoms with Crippen molar-refractivity contribution in [3.05, 3.63) is 17.6 Å². The van der Waals surface area contributed by atoms with Gasteiger partial charge in [-0.3, -0.25) is 9.11 Å². The third-order valence-electron chi connectivity index (χ3n) is 2.68. The van der Waals surface area contributed by atoms with Crippen molar-refractivity contribution in [1.82, 2.24) is 14.9 Å². The summed E-state index contributed by atoms with van der Waals surface area (Å²) in [6.45, 7) is 4.29. The van der Waals surface area contributed by atoms with Crippen molar-refractivity contribution in [1.29, 1.82) is 0 Å². The van der Waals surface area contributed by atoms with Gasteiger partial charge in [0.15, 0.2) is 0 Å². The molecule has 1 aliphatic heterocycles. The van der Waals surface area contributed by atoms with Crippen molar-refractivity contribution >= 4 is 16.6 Å². The molecule has 0 aromatic carbocycles. The maximum atomic E-state index is 11.2. The molecule has 1 aromatic rings. The first kappa shape index (κ1) is 12.4. The molecule has 2 heterocycles. The van der Waals surface area contributed by atoms with Crippen LogP contribution in [0.2, 0.25) is 0 Å². The molecule has 0 saturated carbocycles. The van der Waals surface area contributed by atoms with Crippen LogP contribution in [0.4, 0.5) is 5.82 Å². The van der Waals surface area contributed by atoms with E-state index in [-0.39, 0.29) is 0 Å². The van der Waals surface area contributed by atoms with Gasteiger partial charge in [-0.2, -0.15) is 0 Å². The fraction of sp³-hybridized carbons (Fsp3) is 0.600. The van der Waals surface area contributed by atoms with Crippen molar-refractivity contribution in [2.75, 3.05) is 30.0 Å². The molecule has 0 aliphatic carbocycles. The molecule has 3 N–H and O–H groups in total. The van der Waals surface area contributed by atoms with Crippen molar-refractivity contribution < 1.29 is 4.21 Å². The Kier molecular flexibility index (Phi) is 4.03. The highest BCUT2D eigenvalue weighted by molar-refractivity contribution is 7.85. The van der Waals surface area contributed by atoms with Crippen LogP contribution in [0.25, 0.3) is 0 Å². The normalized spacial score (nSPS) is 18.2. The van der Waals surface area contributed by atoms with E-state index >= 15 is 0 Å². The van der Waals surface area contributed by atoms with Gasteiger partial charge in [-0.15, -0.1) is 0 Å². The fourth-order valence-electron chi connectivity index (χ4n) is 1.81. The zero-order valence-electron chi connectivity index (χ0n) is 9.85. The number of nitrogens with two attached hydrogens (primary N) is 1. The maximum Gasteiger partial charge on any atom is 0.145 e. The molecular weight excluding hydrogens is 238 g/mol. The summed E-state index contributed by atoms with van der Waals surface area (Å²) in [6.07, 6.45) is 0. The Morgan fingerprint density at radius 3 is 2.82 bits per heavy atom. The van der Waals surface area contributed by atoms with Gasteiger partial charge >= 0.3 is 0 Å². The van der Waals surface area contributed by atoms with E-state index in [1.54, 1.807) is 6.07 Å². The number of hydrazine groups is 1. The average Bonchev–Trinajstić information content (AvgIpc) is 2.31. The van der Waals surface area contributed by atoms with E-state index in [2.05, 4.69) is 20.3 Å². The lowest BCUT2D eigenvalue weighted by Gasteiger charge is -2.25. The molecule has 6 nitrogen and oxygen atoms in total. The van der Waals surface area contributed by atoms with Gasteiger partial charge in [-0.25, -0.2) is 15.8 Å². The van der Waals surface area contributed by atoms with E-state index in [0.29, 0.717) is 12.4 Å². The monoisotopic (exact) mass is 255 g/mol. The van der Waals surface area contributed by atoms with Crippen LogP contribution in [0.3, 0.4) is 0 Å². The summed E-state index contributed by atoms with van der Waals surface area (Å²) in [5, 5.41) is 0. The van der Waals surface area contributed by atoms with Gasteiger partial charge in [0.05, 0.1) is 6.54 Å². The molecular formula is C10H17N5OS. The van der Waals surface area contributed by atoms with E-state index in [0.717, 1.165) is 36.1 Å². The Morgan fingerprint density at radius 1 is 1.47 bits per heavy atom. The minimum Gasteiger partial charge on any atom is -0.308 e. The Morgan fingerprint density at radius 2 is 2.18 bits per heavy atom. The summed E-state index contributed by atoms with van der Waals surface area (Å²) < 4.78 is 11.2. The second-order valence-electron chi connectivity index (χ2n) is 4.08. The largest absolute Gasteiger partial charge is 0.308 e. The summed E-state index contributed by atoms with van der Waals surface area (Å²) in [5.74, 6) is 8.22. The lowest BCUT2D eigenvalue weighted by molar-refractivity contribution is 0.284. The molecule has 1 aliphatic rings. The third kappa shape index (κ3) is 3.45. The van der Waals surface area contributed by atoms with E-state index < -0.39 is 10.8 Å². The highest BCUT2D eigenvalue weighted by Gasteiger charge is 2.16. The molecule has 17 heavy (non-hydrogen) atoms. The van der Waals surface area contributed by atoms with Crippen molar-refractivity contribution in [2.45, 2.75) is 13.5 Å². The number of hydrogen-bond acceptors (Lipinski definition) is 6. The summed E-state index contributed by atoms with van der Waals surface area (Å²) >= 11 is 0. The molecule has 0 radical (unpaired) electrons. The predicted molar refractivity (Wildman–Crippen MR) is 67.7 cm³/mol. The Balaban J connectivity index is 2.02. The second-order valence-corrected chi connectivity index (χ2v) is 5.78. The summed E-state index contributed by atoms with van der Waals surface area (Å²) in [5.41, 5.74) is 3.43. The van der Waals surface area contributed by atoms with E-state index in [1.807, 2.05) is 6.92 Å². The lowest BCUT2D eigenvalue weighted by Crippen LogP contribution is -2.37.